The van der Waals surface area contributed by atoms with E-state index in [9.17, 15) is 19.8 Å². The molecule has 1 saturated heterocycles. The van der Waals surface area contributed by atoms with Crippen molar-refractivity contribution < 1.29 is 19.8 Å². The summed E-state index contributed by atoms with van der Waals surface area (Å²) in [6, 6.07) is 0. The number of carbonyl (C=O) groups is 2. The molecule has 1 aromatic rings. The van der Waals surface area contributed by atoms with E-state index >= 15 is 0 Å². The Balaban J connectivity index is 2.61. The second-order valence-electron chi connectivity index (χ2n) is 4.69. The number of carboxylic acids is 2. The van der Waals surface area contributed by atoms with Crippen LogP contribution in [-0.4, -0.2) is 58.3 Å². The van der Waals surface area contributed by atoms with Crippen LogP contribution in [-0.2, 0) is 0 Å². The van der Waals surface area contributed by atoms with E-state index in [4.69, 9.17) is 0 Å². The third-order valence-electron chi connectivity index (χ3n) is 3.48. The topological polar surface area (TPSA) is 107 Å². The largest absolute Gasteiger partial charge is 0.476 e. The summed E-state index contributed by atoms with van der Waals surface area (Å²) < 4.78 is 0. The molecule has 8 heteroatoms. The first kappa shape index (κ1) is 15.0. The molecule has 0 aliphatic carbocycles. The van der Waals surface area contributed by atoms with Crippen LogP contribution in [0, 0.1) is 0 Å². The minimum atomic E-state index is -1.21. The maximum atomic E-state index is 11.4. The molecule has 0 unspecified atom stereocenters. The Bertz CT molecular complexity index is 568. The van der Waals surface area contributed by atoms with E-state index in [0.717, 1.165) is 6.42 Å². The van der Waals surface area contributed by atoms with Gasteiger partial charge >= 0.3 is 11.9 Å². The molecule has 0 saturated carbocycles. The van der Waals surface area contributed by atoms with Gasteiger partial charge in [0.15, 0.2) is 23.0 Å². The minimum Gasteiger partial charge on any atom is -0.476 e. The van der Waals surface area contributed by atoms with Gasteiger partial charge in [-0.25, -0.2) is 19.6 Å². The third kappa shape index (κ3) is 2.74. The molecule has 1 fully saturated rings. The smallest absolute Gasteiger partial charge is 0.358 e. The molecule has 0 amide bonds. The lowest BCUT2D eigenvalue weighted by Crippen LogP contribution is -2.40. The van der Waals surface area contributed by atoms with Gasteiger partial charge in [0, 0.05) is 26.2 Å². The van der Waals surface area contributed by atoms with Crippen LogP contribution >= 0.6 is 0 Å². The van der Waals surface area contributed by atoms with Gasteiger partial charge in [0.2, 0.25) is 0 Å². The lowest BCUT2D eigenvalue weighted by atomic mass is 10.2. The van der Waals surface area contributed by atoms with E-state index in [2.05, 4.69) is 9.97 Å². The second kappa shape index (κ2) is 5.94. The number of anilines is 2. The summed E-state index contributed by atoms with van der Waals surface area (Å²) in [5.74, 6) is -2.16. The van der Waals surface area contributed by atoms with Crippen LogP contribution in [0.15, 0.2) is 0 Å². The van der Waals surface area contributed by atoms with E-state index in [1.54, 1.807) is 9.80 Å². The SMILES string of the molecule is CCN(CC)c1nc(C(=O)O)c(N2CCC2)nc1C(=O)O. The summed E-state index contributed by atoms with van der Waals surface area (Å²) in [7, 11) is 0. The van der Waals surface area contributed by atoms with E-state index in [0.29, 0.717) is 26.2 Å². The molecule has 114 valence electrons. The van der Waals surface area contributed by atoms with Crippen molar-refractivity contribution >= 4 is 23.6 Å². The Hall–Kier alpha value is -2.38. The zero-order chi connectivity index (χ0) is 15.6. The average molecular weight is 294 g/mol. The summed E-state index contributed by atoms with van der Waals surface area (Å²) in [5, 5.41) is 18.7. The first-order valence-corrected chi connectivity index (χ1v) is 6.88. The van der Waals surface area contributed by atoms with Crippen LogP contribution in [0.25, 0.3) is 0 Å². The molecule has 0 spiro atoms. The first-order chi connectivity index (χ1) is 9.99. The van der Waals surface area contributed by atoms with Gasteiger partial charge in [0.25, 0.3) is 0 Å². The molecule has 1 aliphatic heterocycles. The van der Waals surface area contributed by atoms with Crippen LogP contribution in [0.2, 0.25) is 0 Å². The van der Waals surface area contributed by atoms with Crippen LogP contribution in [0.1, 0.15) is 41.2 Å². The molecule has 1 aliphatic rings. The van der Waals surface area contributed by atoms with E-state index in [1.165, 1.54) is 0 Å². The van der Waals surface area contributed by atoms with Crippen molar-refractivity contribution in [3.63, 3.8) is 0 Å². The quantitative estimate of drug-likeness (QED) is 0.798. The normalized spacial score (nSPS) is 13.7. The van der Waals surface area contributed by atoms with Crippen LogP contribution in [0.3, 0.4) is 0 Å². The third-order valence-corrected chi connectivity index (χ3v) is 3.48. The van der Waals surface area contributed by atoms with Gasteiger partial charge in [0.1, 0.15) is 0 Å². The molecule has 2 N–H and O–H groups in total. The zero-order valence-electron chi connectivity index (χ0n) is 12.0. The average Bonchev–Trinajstić information content (AvgIpc) is 2.38. The highest BCUT2D eigenvalue weighted by Crippen LogP contribution is 2.27. The molecule has 2 heterocycles. The van der Waals surface area contributed by atoms with Crippen molar-refractivity contribution in [2.75, 3.05) is 36.0 Å². The van der Waals surface area contributed by atoms with Gasteiger partial charge in [-0.05, 0) is 20.3 Å². The predicted octanol–water partition coefficient (Wildman–Crippen LogP) is 0.929. The number of nitrogens with zero attached hydrogens (tertiary/aromatic N) is 4. The standard InChI is InChI=1S/C13H18N4O4/c1-3-16(4-2)10-8(12(18)19)15-11(17-6-5-7-17)9(14-10)13(20)21/h3-7H2,1-2H3,(H,18,19)(H,20,21). The summed E-state index contributed by atoms with van der Waals surface area (Å²) in [6.07, 6.45) is 0.931. The molecular weight excluding hydrogens is 276 g/mol. The fourth-order valence-corrected chi connectivity index (χ4v) is 2.20. The highest BCUT2D eigenvalue weighted by atomic mass is 16.4. The molecule has 0 bridgehead atoms. The maximum absolute atomic E-state index is 11.4. The number of hydrogen-bond donors (Lipinski definition) is 2. The summed E-state index contributed by atoms with van der Waals surface area (Å²) in [6.45, 7) is 6.07. The molecule has 8 nitrogen and oxygen atoms in total. The molecule has 1 aromatic heterocycles. The number of hydrogen-bond acceptors (Lipinski definition) is 6. The van der Waals surface area contributed by atoms with Crippen molar-refractivity contribution in [3.8, 4) is 0 Å². The Kier molecular flexibility index (Phi) is 4.25. The van der Waals surface area contributed by atoms with Gasteiger partial charge in [0.05, 0.1) is 0 Å². The minimum absolute atomic E-state index is 0.106. The van der Waals surface area contributed by atoms with Crippen LogP contribution in [0.5, 0.6) is 0 Å². The van der Waals surface area contributed by atoms with Crippen molar-refractivity contribution in [1.82, 2.24) is 9.97 Å². The highest BCUT2D eigenvalue weighted by molar-refractivity contribution is 5.96. The fraction of sp³-hybridized carbons (Fsp3) is 0.538. The van der Waals surface area contributed by atoms with Gasteiger partial charge in [-0.1, -0.05) is 0 Å². The van der Waals surface area contributed by atoms with Gasteiger partial charge in [-0.2, -0.15) is 0 Å². The van der Waals surface area contributed by atoms with Crippen LogP contribution in [0.4, 0.5) is 11.6 Å². The van der Waals surface area contributed by atoms with Crippen LogP contribution < -0.4 is 9.80 Å². The van der Waals surface area contributed by atoms with Gasteiger partial charge in [-0.15, -0.1) is 0 Å². The predicted molar refractivity (Wildman–Crippen MR) is 76.3 cm³/mol. The van der Waals surface area contributed by atoms with Crippen molar-refractivity contribution in [1.29, 1.82) is 0 Å². The Labute approximate surface area is 122 Å². The number of aromatic nitrogens is 2. The van der Waals surface area contributed by atoms with E-state index in [-0.39, 0.29) is 23.0 Å². The Morgan fingerprint density at radius 1 is 1.10 bits per heavy atom. The molecule has 0 radical (unpaired) electrons. The summed E-state index contributed by atoms with van der Waals surface area (Å²) in [4.78, 5) is 34.4. The maximum Gasteiger partial charge on any atom is 0.358 e. The first-order valence-electron chi connectivity index (χ1n) is 6.88. The Morgan fingerprint density at radius 2 is 1.67 bits per heavy atom. The van der Waals surface area contributed by atoms with Crippen molar-refractivity contribution in [3.05, 3.63) is 11.4 Å². The zero-order valence-corrected chi connectivity index (χ0v) is 12.0. The molecule has 2 rings (SSSR count). The lowest BCUT2D eigenvalue weighted by molar-refractivity contribution is 0.0672. The Morgan fingerprint density at radius 3 is 2.05 bits per heavy atom. The molecule has 0 aromatic carbocycles. The van der Waals surface area contributed by atoms with Crippen molar-refractivity contribution in [2.24, 2.45) is 0 Å². The van der Waals surface area contributed by atoms with Gasteiger partial charge < -0.3 is 20.0 Å². The number of rotatable bonds is 6. The van der Waals surface area contributed by atoms with E-state index < -0.39 is 11.9 Å². The number of carboxylic acid groups (broad SMARTS) is 2. The highest BCUT2D eigenvalue weighted by Gasteiger charge is 2.29. The van der Waals surface area contributed by atoms with E-state index in [1.807, 2.05) is 13.8 Å². The lowest BCUT2D eigenvalue weighted by Gasteiger charge is -2.33. The molecule has 21 heavy (non-hydrogen) atoms. The number of aromatic carboxylic acids is 2. The van der Waals surface area contributed by atoms with Gasteiger partial charge in [-0.3, -0.25) is 0 Å². The molecular formula is C13H18N4O4. The summed E-state index contributed by atoms with van der Waals surface area (Å²) in [5.41, 5.74) is -0.396. The molecule has 0 atom stereocenters. The fourth-order valence-electron chi connectivity index (χ4n) is 2.20. The van der Waals surface area contributed by atoms with Crippen molar-refractivity contribution in [2.45, 2.75) is 20.3 Å². The second-order valence-corrected chi connectivity index (χ2v) is 4.69. The monoisotopic (exact) mass is 294 g/mol. The summed E-state index contributed by atoms with van der Waals surface area (Å²) >= 11 is 0.